The zero-order valence-corrected chi connectivity index (χ0v) is 16.4. The van der Waals surface area contributed by atoms with Crippen LogP contribution in [-0.4, -0.2) is 10.1 Å². The molecule has 1 aliphatic heterocycles. The third-order valence-electron chi connectivity index (χ3n) is 6.23. The van der Waals surface area contributed by atoms with Gasteiger partial charge in [0.2, 0.25) is 0 Å². The molecule has 0 saturated heterocycles. The molecule has 0 amide bonds. The molecule has 2 aromatic carbocycles. The lowest BCUT2D eigenvalue weighted by Crippen LogP contribution is -2.48. The fraction of sp³-hybridized carbons (Fsp3) is 0.261. The summed E-state index contributed by atoms with van der Waals surface area (Å²) in [5.74, 6) is 0.0685. The molecular weight excluding hydrogens is 415 g/mol. The maximum Gasteiger partial charge on any atom is 0.416 e. The number of alkyl halides is 3. The van der Waals surface area contributed by atoms with Crippen LogP contribution in [0.15, 0.2) is 66.9 Å². The van der Waals surface area contributed by atoms with Crippen molar-refractivity contribution in [2.24, 2.45) is 0 Å². The van der Waals surface area contributed by atoms with E-state index in [0.717, 1.165) is 17.7 Å². The van der Waals surface area contributed by atoms with E-state index < -0.39 is 22.9 Å². The first-order valence-corrected chi connectivity index (χ1v) is 9.93. The smallest absolute Gasteiger partial charge is 0.416 e. The van der Waals surface area contributed by atoms with Crippen LogP contribution >= 0.6 is 11.6 Å². The number of fused-ring (bicyclic) bond motifs is 3. The molecule has 3 aromatic rings. The number of pyridine rings is 1. The van der Waals surface area contributed by atoms with E-state index >= 15 is 0 Å². The van der Waals surface area contributed by atoms with E-state index in [1.165, 1.54) is 18.3 Å². The summed E-state index contributed by atoms with van der Waals surface area (Å²) in [6, 6.07) is 16.0. The summed E-state index contributed by atoms with van der Waals surface area (Å²) in [6.07, 6.45) is -2.06. The molecule has 5 rings (SSSR count). The number of rotatable bonds is 2. The number of ether oxygens (including phenoxy) is 1. The third kappa shape index (κ3) is 2.60. The van der Waals surface area contributed by atoms with Crippen molar-refractivity contribution >= 4 is 11.6 Å². The predicted molar refractivity (Wildman–Crippen MR) is 105 cm³/mol. The van der Waals surface area contributed by atoms with Crippen LogP contribution in [0.1, 0.15) is 41.1 Å². The molecule has 3 nitrogen and oxygen atoms in total. The molecule has 1 N–H and O–H groups in total. The summed E-state index contributed by atoms with van der Waals surface area (Å²) >= 11 is 6.09. The molecule has 1 aliphatic carbocycles. The highest BCUT2D eigenvalue weighted by Crippen LogP contribution is 2.66. The van der Waals surface area contributed by atoms with Gasteiger partial charge < -0.3 is 9.84 Å². The monoisotopic (exact) mass is 431 g/mol. The minimum absolute atomic E-state index is 0.284. The van der Waals surface area contributed by atoms with Gasteiger partial charge in [0.05, 0.1) is 10.6 Å². The van der Waals surface area contributed by atoms with Crippen LogP contribution in [0, 0.1) is 0 Å². The van der Waals surface area contributed by atoms with Gasteiger partial charge >= 0.3 is 6.18 Å². The van der Waals surface area contributed by atoms with Crippen molar-refractivity contribution in [2.75, 3.05) is 0 Å². The van der Waals surface area contributed by atoms with E-state index in [1.54, 1.807) is 6.07 Å². The second-order valence-electron chi connectivity index (χ2n) is 7.78. The van der Waals surface area contributed by atoms with Crippen LogP contribution in [0.4, 0.5) is 13.2 Å². The summed E-state index contributed by atoms with van der Waals surface area (Å²) in [5, 5.41) is 12.2. The number of aromatic nitrogens is 1. The molecule has 3 atom stereocenters. The highest BCUT2D eigenvalue weighted by atomic mass is 35.5. The average molecular weight is 432 g/mol. The van der Waals surface area contributed by atoms with Gasteiger partial charge in [0.15, 0.2) is 11.2 Å². The predicted octanol–water partition coefficient (Wildman–Crippen LogP) is 5.81. The molecule has 1 fully saturated rings. The van der Waals surface area contributed by atoms with Gasteiger partial charge in [0.25, 0.3) is 0 Å². The van der Waals surface area contributed by atoms with Gasteiger partial charge in [0, 0.05) is 18.2 Å². The largest absolute Gasteiger partial charge is 0.476 e. The fourth-order valence-corrected chi connectivity index (χ4v) is 5.10. The van der Waals surface area contributed by atoms with Crippen LogP contribution in [-0.2, 0) is 17.4 Å². The van der Waals surface area contributed by atoms with Crippen molar-refractivity contribution in [3.8, 4) is 5.75 Å². The van der Waals surface area contributed by atoms with Crippen molar-refractivity contribution in [2.45, 2.75) is 36.1 Å². The SMILES string of the molecule is OC12CCC(c3ccccc3)[C@]1(c1ccc(C(F)(F)F)cc1)Oc1cc(Cl)cnc12. The average Bonchev–Trinajstić information content (AvgIpc) is 3.15. The fourth-order valence-electron chi connectivity index (χ4n) is 4.96. The minimum atomic E-state index is -4.45. The van der Waals surface area contributed by atoms with Gasteiger partial charge in [-0.25, -0.2) is 0 Å². The lowest BCUT2D eigenvalue weighted by atomic mass is 9.72. The maximum absolute atomic E-state index is 13.1. The Morgan fingerprint density at radius 3 is 2.43 bits per heavy atom. The van der Waals surface area contributed by atoms with Crippen molar-refractivity contribution in [3.05, 3.63) is 94.3 Å². The molecule has 0 spiro atoms. The molecule has 2 aliphatic rings. The van der Waals surface area contributed by atoms with E-state index in [1.807, 2.05) is 30.3 Å². The van der Waals surface area contributed by atoms with E-state index in [4.69, 9.17) is 16.3 Å². The van der Waals surface area contributed by atoms with Crippen LogP contribution in [0.3, 0.4) is 0 Å². The lowest BCUT2D eigenvalue weighted by molar-refractivity contribution is -0.137. The quantitative estimate of drug-likeness (QED) is 0.557. The lowest BCUT2D eigenvalue weighted by Gasteiger charge is -2.40. The summed E-state index contributed by atoms with van der Waals surface area (Å²) in [4.78, 5) is 4.34. The Labute approximate surface area is 176 Å². The highest BCUT2D eigenvalue weighted by molar-refractivity contribution is 6.30. The van der Waals surface area contributed by atoms with Gasteiger partial charge in [-0.15, -0.1) is 0 Å². The van der Waals surface area contributed by atoms with Crippen LogP contribution in [0.25, 0.3) is 0 Å². The first-order valence-electron chi connectivity index (χ1n) is 9.56. The molecule has 154 valence electrons. The molecular formula is C23H17ClF3NO2. The van der Waals surface area contributed by atoms with Crippen LogP contribution in [0.2, 0.25) is 5.02 Å². The van der Waals surface area contributed by atoms with Crippen molar-refractivity contribution in [1.29, 1.82) is 0 Å². The topological polar surface area (TPSA) is 42.4 Å². The molecule has 1 aromatic heterocycles. The maximum atomic E-state index is 13.1. The van der Waals surface area contributed by atoms with E-state index in [0.29, 0.717) is 34.9 Å². The molecule has 0 radical (unpaired) electrons. The standard InChI is InChI=1S/C23H17ClF3NO2/c24-17-12-19-20(28-13-17)21(29)11-10-18(14-4-2-1-3-5-14)22(21,30-19)15-6-8-16(9-7-15)23(25,26)27/h1-9,12-13,18,29H,10-11H2/t18?,21?,22-/m0/s1. The van der Waals surface area contributed by atoms with Crippen molar-refractivity contribution in [1.82, 2.24) is 4.98 Å². The Kier molecular flexibility index (Phi) is 4.18. The van der Waals surface area contributed by atoms with Crippen LogP contribution in [0.5, 0.6) is 5.75 Å². The van der Waals surface area contributed by atoms with Crippen molar-refractivity contribution < 1.29 is 23.0 Å². The van der Waals surface area contributed by atoms with Gasteiger partial charge in [0.1, 0.15) is 11.4 Å². The molecule has 7 heteroatoms. The summed E-state index contributed by atoms with van der Waals surface area (Å²) in [5.41, 5.74) is -1.78. The zero-order chi connectivity index (χ0) is 21.1. The number of halogens is 4. The zero-order valence-electron chi connectivity index (χ0n) is 15.7. The Morgan fingerprint density at radius 2 is 1.77 bits per heavy atom. The molecule has 0 bridgehead atoms. The molecule has 30 heavy (non-hydrogen) atoms. The van der Waals surface area contributed by atoms with Gasteiger partial charge in [-0.2, -0.15) is 13.2 Å². The highest BCUT2D eigenvalue weighted by Gasteiger charge is 2.69. The second kappa shape index (κ2) is 6.46. The minimum Gasteiger partial charge on any atom is -0.476 e. The first kappa shape index (κ1) is 19.4. The molecule has 2 unspecified atom stereocenters. The van der Waals surface area contributed by atoms with E-state index in [2.05, 4.69) is 4.98 Å². The number of hydrogen-bond donors (Lipinski definition) is 1. The summed E-state index contributed by atoms with van der Waals surface area (Å²) < 4.78 is 45.8. The Hall–Kier alpha value is -2.57. The van der Waals surface area contributed by atoms with Crippen molar-refractivity contribution in [3.63, 3.8) is 0 Å². The normalized spacial score (nSPS) is 27.4. The molecule has 2 heterocycles. The summed E-state index contributed by atoms with van der Waals surface area (Å²) in [6.45, 7) is 0. The number of benzene rings is 2. The Bertz CT molecular complexity index is 1100. The Balaban J connectivity index is 1.72. The van der Waals surface area contributed by atoms with Gasteiger partial charge in [-0.3, -0.25) is 4.98 Å². The molecule has 1 saturated carbocycles. The third-order valence-corrected chi connectivity index (χ3v) is 6.43. The number of hydrogen-bond acceptors (Lipinski definition) is 3. The van der Waals surface area contributed by atoms with Gasteiger partial charge in [-0.1, -0.05) is 54.1 Å². The number of aliphatic hydroxyl groups is 1. The Morgan fingerprint density at radius 1 is 1.07 bits per heavy atom. The van der Waals surface area contributed by atoms with E-state index in [9.17, 15) is 18.3 Å². The second-order valence-corrected chi connectivity index (χ2v) is 8.21. The first-order chi connectivity index (χ1) is 14.3. The number of nitrogens with zero attached hydrogens (tertiary/aromatic N) is 1. The van der Waals surface area contributed by atoms with Gasteiger partial charge in [-0.05, 0) is 36.1 Å². The van der Waals surface area contributed by atoms with Crippen LogP contribution < -0.4 is 4.74 Å². The summed E-state index contributed by atoms with van der Waals surface area (Å²) in [7, 11) is 0. The van der Waals surface area contributed by atoms with E-state index in [-0.39, 0.29) is 5.92 Å².